The van der Waals surface area contributed by atoms with E-state index >= 15 is 0 Å². The third-order valence-electron chi connectivity index (χ3n) is 9.20. The summed E-state index contributed by atoms with van der Waals surface area (Å²) >= 11 is 0. The van der Waals surface area contributed by atoms with Crippen LogP contribution >= 0.6 is 0 Å². The molecule has 0 spiro atoms. The summed E-state index contributed by atoms with van der Waals surface area (Å²) in [5, 5.41) is 9.49. The van der Waals surface area contributed by atoms with E-state index < -0.39 is 12.1 Å². The van der Waals surface area contributed by atoms with Crippen LogP contribution in [0.1, 0.15) is 226 Å². The molecule has 0 heterocycles. The Kier molecular flexibility index (Phi) is 36.6. The van der Waals surface area contributed by atoms with Gasteiger partial charge in [0.2, 0.25) is 0 Å². The smallest absolute Gasteiger partial charge is 0.345 e. The predicted octanol–water partition coefficient (Wildman–Crippen LogP) is 14.0. The maximum atomic E-state index is 12.2. The molecule has 0 aromatic carbocycles. The van der Waals surface area contributed by atoms with E-state index in [-0.39, 0.29) is 5.97 Å². The Hall–Kier alpha value is -1.58. The zero-order valence-electron chi connectivity index (χ0n) is 30.9. The number of allylic oxidation sites excluding steroid dienone is 4. The normalized spacial score (nSPS) is 12.4. The molecule has 1 atom stereocenters. The maximum Gasteiger partial charge on any atom is 0.345 e. The standard InChI is InChI=1S/C42H78O4/c1-3-5-7-9-11-13-15-17-19-20-21-22-23-24-25-27-29-31-33-35-37-39-41(43)46-40(42(44)45)38-36-34-32-30-28-26-18-16-14-12-10-8-6-4-2/h11,13,17,19,40H,3-10,12,14-16,18,20-39H2,1-2H3,(H,44,45)/b13-11-,19-17-. The number of carbonyl (C=O) groups is 2. The van der Waals surface area contributed by atoms with Gasteiger partial charge in [-0.3, -0.25) is 4.79 Å². The van der Waals surface area contributed by atoms with Crippen LogP contribution < -0.4 is 0 Å². The van der Waals surface area contributed by atoms with Gasteiger partial charge in [0, 0.05) is 6.42 Å². The molecule has 0 saturated heterocycles. The fraction of sp³-hybridized carbons (Fsp3) is 0.857. The van der Waals surface area contributed by atoms with Crippen LogP contribution in [0.4, 0.5) is 0 Å². The number of ether oxygens (including phenoxy) is 1. The van der Waals surface area contributed by atoms with Crippen molar-refractivity contribution in [2.24, 2.45) is 0 Å². The fourth-order valence-corrected chi connectivity index (χ4v) is 6.12. The third kappa shape index (κ3) is 35.3. The molecule has 0 fully saturated rings. The van der Waals surface area contributed by atoms with Crippen LogP contribution in [0, 0.1) is 0 Å². The van der Waals surface area contributed by atoms with Crippen LogP contribution in [0.15, 0.2) is 24.3 Å². The monoisotopic (exact) mass is 647 g/mol. The lowest BCUT2D eigenvalue weighted by Gasteiger charge is -2.13. The van der Waals surface area contributed by atoms with Crippen molar-refractivity contribution in [1.29, 1.82) is 0 Å². The minimum Gasteiger partial charge on any atom is -0.479 e. The van der Waals surface area contributed by atoms with Crippen LogP contribution in [-0.2, 0) is 14.3 Å². The molecular formula is C42H78O4. The molecule has 0 aromatic rings. The highest BCUT2D eigenvalue weighted by Gasteiger charge is 2.21. The Morgan fingerprint density at radius 1 is 0.478 bits per heavy atom. The summed E-state index contributed by atoms with van der Waals surface area (Å²) in [4.78, 5) is 23.8. The van der Waals surface area contributed by atoms with E-state index in [4.69, 9.17) is 4.74 Å². The number of rotatable bonds is 37. The molecule has 0 rings (SSSR count). The first kappa shape index (κ1) is 44.4. The highest BCUT2D eigenvalue weighted by atomic mass is 16.6. The number of unbranched alkanes of at least 4 members (excludes halogenated alkanes) is 27. The second-order valence-corrected chi connectivity index (χ2v) is 13.8. The van der Waals surface area contributed by atoms with Gasteiger partial charge in [0.25, 0.3) is 0 Å². The average Bonchev–Trinajstić information content (AvgIpc) is 3.05. The lowest BCUT2D eigenvalue weighted by atomic mass is 10.0. The summed E-state index contributed by atoms with van der Waals surface area (Å²) in [5.74, 6) is -1.35. The molecule has 4 nitrogen and oxygen atoms in total. The summed E-state index contributed by atoms with van der Waals surface area (Å²) in [6, 6.07) is 0. The molecule has 4 heteroatoms. The number of carboxylic acid groups (broad SMARTS) is 1. The average molecular weight is 647 g/mol. The summed E-state index contributed by atoms with van der Waals surface area (Å²) in [7, 11) is 0. The van der Waals surface area contributed by atoms with Gasteiger partial charge in [-0.2, -0.15) is 0 Å². The van der Waals surface area contributed by atoms with E-state index in [0.29, 0.717) is 12.8 Å². The summed E-state index contributed by atoms with van der Waals surface area (Å²) in [5.41, 5.74) is 0. The molecule has 46 heavy (non-hydrogen) atoms. The molecule has 1 N–H and O–H groups in total. The van der Waals surface area contributed by atoms with Gasteiger partial charge in [0.1, 0.15) is 0 Å². The van der Waals surface area contributed by atoms with Crippen LogP contribution in [0.25, 0.3) is 0 Å². The minimum absolute atomic E-state index is 0.341. The molecule has 0 aromatic heterocycles. The fourth-order valence-electron chi connectivity index (χ4n) is 6.12. The number of hydrogen-bond donors (Lipinski definition) is 1. The van der Waals surface area contributed by atoms with Gasteiger partial charge in [0.15, 0.2) is 6.10 Å². The van der Waals surface area contributed by atoms with Crippen LogP contribution in [0.3, 0.4) is 0 Å². The Labute approximate surface area is 287 Å². The van der Waals surface area contributed by atoms with Gasteiger partial charge in [-0.1, -0.05) is 192 Å². The number of esters is 1. The first-order valence-electron chi connectivity index (χ1n) is 20.3. The largest absolute Gasteiger partial charge is 0.479 e. The Morgan fingerprint density at radius 3 is 1.26 bits per heavy atom. The van der Waals surface area contributed by atoms with Crippen molar-refractivity contribution in [2.75, 3.05) is 0 Å². The predicted molar refractivity (Wildman–Crippen MR) is 200 cm³/mol. The second kappa shape index (κ2) is 37.9. The van der Waals surface area contributed by atoms with Crippen molar-refractivity contribution in [3.63, 3.8) is 0 Å². The number of carboxylic acids is 1. The second-order valence-electron chi connectivity index (χ2n) is 13.8. The van der Waals surface area contributed by atoms with Crippen molar-refractivity contribution >= 4 is 11.9 Å². The first-order chi connectivity index (χ1) is 22.6. The lowest BCUT2D eigenvalue weighted by molar-refractivity contribution is -0.164. The topological polar surface area (TPSA) is 63.6 Å². The quantitative estimate of drug-likeness (QED) is 0.0414. The van der Waals surface area contributed by atoms with Crippen molar-refractivity contribution in [1.82, 2.24) is 0 Å². The van der Waals surface area contributed by atoms with Gasteiger partial charge >= 0.3 is 11.9 Å². The zero-order valence-corrected chi connectivity index (χ0v) is 30.9. The third-order valence-corrected chi connectivity index (χ3v) is 9.20. The Balaban J connectivity index is 3.51. The van der Waals surface area contributed by atoms with Crippen molar-refractivity contribution in [3.8, 4) is 0 Å². The van der Waals surface area contributed by atoms with E-state index in [0.717, 1.165) is 44.9 Å². The molecule has 1 unspecified atom stereocenters. The summed E-state index contributed by atoms with van der Waals surface area (Å²) in [6.07, 6.45) is 47.9. The summed E-state index contributed by atoms with van der Waals surface area (Å²) in [6.45, 7) is 4.52. The number of carbonyl (C=O) groups excluding carboxylic acids is 1. The molecule has 0 aliphatic heterocycles. The van der Waals surface area contributed by atoms with E-state index in [9.17, 15) is 14.7 Å². The highest BCUT2D eigenvalue weighted by Crippen LogP contribution is 2.16. The zero-order chi connectivity index (χ0) is 33.6. The van der Waals surface area contributed by atoms with Crippen LogP contribution in [-0.4, -0.2) is 23.1 Å². The van der Waals surface area contributed by atoms with E-state index in [1.807, 2.05) is 0 Å². The van der Waals surface area contributed by atoms with Gasteiger partial charge < -0.3 is 9.84 Å². The molecular weight excluding hydrogens is 568 g/mol. The van der Waals surface area contributed by atoms with Crippen molar-refractivity contribution in [3.05, 3.63) is 24.3 Å². The van der Waals surface area contributed by atoms with Crippen LogP contribution in [0.5, 0.6) is 0 Å². The maximum absolute atomic E-state index is 12.2. The van der Waals surface area contributed by atoms with Gasteiger partial charge in [-0.05, 0) is 51.4 Å². The highest BCUT2D eigenvalue weighted by molar-refractivity contribution is 5.77. The van der Waals surface area contributed by atoms with Crippen LogP contribution in [0.2, 0.25) is 0 Å². The molecule has 0 radical (unpaired) electrons. The number of hydrogen-bond acceptors (Lipinski definition) is 3. The Morgan fingerprint density at radius 2 is 0.826 bits per heavy atom. The molecule has 0 saturated carbocycles. The lowest BCUT2D eigenvalue weighted by Crippen LogP contribution is -2.27. The minimum atomic E-state index is -1.00. The van der Waals surface area contributed by atoms with E-state index in [2.05, 4.69) is 38.2 Å². The molecule has 0 amide bonds. The SMILES string of the molecule is CCCCC/C=C\C/C=C\CCCCCCCCCCCCCC(=O)OC(CCCCCCCCCCCCCCCC)C(=O)O. The van der Waals surface area contributed by atoms with Crippen molar-refractivity contribution < 1.29 is 19.4 Å². The van der Waals surface area contributed by atoms with E-state index in [1.165, 1.54) is 154 Å². The molecule has 0 bridgehead atoms. The van der Waals surface area contributed by atoms with Gasteiger partial charge in [-0.15, -0.1) is 0 Å². The Bertz CT molecular complexity index is 698. The van der Waals surface area contributed by atoms with Gasteiger partial charge in [0.05, 0.1) is 0 Å². The molecule has 270 valence electrons. The van der Waals surface area contributed by atoms with Crippen molar-refractivity contribution in [2.45, 2.75) is 232 Å². The molecule has 0 aliphatic rings. The van der Waals surface area contributed by atoms with Gasteiger partial charge in [-0.25, -0.2) is 4.79 Å². The number of aliphatic carboxylic acids is 1. The summed E-state index contributed by atoms with van der Waals surface area (Å²) < 4.78 is 5.32. The van der Waals surface area contributed by atoms with E-state index in [1.54, 1.807) is 0 Å². The first-order valence-corrected chi connectivity index (χ1v) is 20.3. The molecule has 0 aliphatic carbocycles.